The number of para-hydroxylation sites is 1. The second-order valence-corrected chi connectivity index (χ2v) is 5.98. The number of carbonyl (C=O) groups is 2. The van der Waals surface area contributed by atoms with Crippen molar-refractivity contribution in [3.63, 3.8) is 0 Å². The predicted molar refractivity (Wildman–Crippen MR) is 87.4 cm³/mol. The van der Waals surface area contributed by atoms with Crippen molar-refractivity contribution in [2.45, 2.75) is 25.0 Å². The Hall–Kier alpha value is -2.94. The molecule has 1 aliphatic rings. The number of fused-ring (bicyclic) bond motifs is 1. The van der Waals surface area contributed by atoms with Gasteiger partial charge in [-0.2, -0.15) is 0 Å². The largest absolute Gasteiger partial charge is 0.481 e. The van der Waals surface area contributed by atoms with Crippen molar-refractivity contribution >= 4 is 28.5 Å². The van der Waals surface area contributed by atoms with Crippen LogP contribution in [-0.2, 0) is 9.53 Å². The van der Waals surface area contributed by atoms with Crippen LogP contribution in [0.1, 0.15) is 23.3 Å². The molecule has 2 heterocycles. The van der Waals surface area contributed by atoms with Gasteiger partial charge in [-0.25, -0.2) is 0 Å². The average Bonchev–Trinajstić information content (AvgIpc) is 3.16. The molecule has 0 aliphatic carbocycles. The molecule has 2 N–H and O–H groups in total. The summed E-state index contributed by atoms with van der Waals surface area (Å²) in [4.78, 5) is 38.7. The van der Waals surface area contributed by atoms with Gasteiger partial charge in [-0.15, -0.1) is 0 Å². The number of rotatable bonds is 5. The first kappa shape index (κ1) is 16.9. The summed E-state index contributed by atoms with van der Waals surface area (Å²) >= 11 is 0. The molecule has 1 saturated heterocycles. The van der Waals surface area contributed by atoms with E-state index < -0.39 is 22.8 Å². The summed E-state index contributed by atoms with van der Waals surface area (Å²) in [6.45, 7) is 0.282. The van der Waals surface area contributed by atoms with Gasteiger partial charge in [0.2, 0.25) is 0 Å². The molecule has 0 saturated carbocycles. The molecule has 0 radical (unpaired) electrons. The molecule has 1 aromatic heterocycles. The molecule has 1 aromatic carbocycles. The number of benzene rings is 1. The van der Waals surface area contributed by atoms with Crippen LogP contribution in [0.15, 0.2) is 24.3 Å². The molecule has 9 heteroatoms. The van der Waals surface area contributed by atoms with Crippen LogP contribution in [-0.4, -0.2) is 57.6 Å². The molecular formula is C16H17N3O6. The molecule has 3 rings (SSSR count). The van der Waals surface area contributed by atoms with Crippen LogP contribution in [0, 0.1) is 10.1 Å². The number of nitrogens with one attached hydrogen (secondary N) is 1. The number of hydrogen-bond acceptors (Lipinski definition) is 5. The smallest absolute Gasteiger partial charge is 0.305 e. The topological polar surface area (TPSA) is 126 Å². The van der Waals surface area contributed by atoms with Crippen LogP contribution < -0.4 is 0 Å². The van der Waals surface area contributed by atoms with E-state index in [1.807, 2.05) is 0 Å². The molecule has 0 spiro atoms. The lowest BCUT2D eigenvalue weighted by molar-refractivity contribution is -0.383. The lowest BCUT2D eigenvalue weighted by atomic mass is 10.1. The van der Waals surface area contributed by atoms with Crippen molar-refractivity contribution in [1.82, 2.24) is 9.88 Å². The third kappa shape index (κ3) is 3.18. The van der Waals surface area contributed by atoms with E-state index in [4.69, 9.17) is 9.84 Å². The molecule has 9 nitrogen and oxygen atoms in total. The second kappa shape index (κ2) is 6.52. The van der Waals surface area contributed by atoms with Crippen molar-refractivity contribution in [2.24, 2.45) is 0 Å². The zero-order chi connectivity index (χ0) is 18.1. The molecule has 132 valence electrons. The summed E-state index contributed by atoms with van der Waals surface area (Å²) in [5.74, 6) is -1.39. The van der Waals surface area contributed by atoms with E-state index in [-0.39, 0.29) is 36.0 Å². The number of aliphatic carboxylic acids is 1. The molecule has 0 bridgehead atoms. The number of carboxylic acid groups (broad SMARTS) is 1. The third-order valence-corrected chi connectivity index (χ3v) is 4.44. The van der Waals surface area contributed by atoms with Gasteiger partial charge in [0, 0.05) is 31.1 Å². The highest BCUT2D eigenvalue weighted by molar-refractivity contribution is 6.00. The first-order valence-corrected chi connectivity index (χ1v) is 7.72. The highest BCUT2D eigenvalue weighted by atomic mass is 16.6. The zero-order valence-corrected chi connectivity index (χ0v) is 13.5. The highest BCUT2D eigenvalue weighted by Crippen LogP contribution is 2.28. The van der Waals surface area contributed by atoms with Crippen LogP contribution >= 0.6 is 0 Å². The number of nitrogens with zero attached hydrogens (tertiary/aromatic N) is 2. The minimum atomic E-state index is -0.994. The number of carbonyl (C=O) groups excluding carboxylic acids is 1. The number of aromatic nitrogens is 1. The molecule has 2 aromatic rings. The molecule has 1 fully saturated rings. The molecular weight excluding hydrogens is 330 g/mol. The summed E-state index contributed by atoms with van der Waals surface area (Å²) in [6.07, 6.45) is 0.0352. The van der Waals surface area contributed by atoms with Gasteiger partial charge in [-0.05, 0) is 12.5 Å². The van der Waals surface area contributed by atoms with Crippen molar-refractivity contribution in [2.75, 3.05) is 13.7 Å². The number of hydrogen-bond donors (Lipinski definition) is 2. The van der Waals surface area contributed by atoms with Gasteiger partial charge >= 0.3 is 5.97 Å². The number of non-ortho nitro benzene ring substituents is 1. The Labute approximate surface area is 142 Å². The lowest BCUT2D eigenvalue weighted by Gasteiger charge is -2.22. The van der Waals surface area contributed by atoms with Crippen LogP contribution in [0.5, 0.6) is 0 Å². The van der Waals surface area contributed by atoms with Crippen LogP contribution in [0.25, 0.3) is 10.9 Å². The first-order valence-electron chi connectivity index (χ1n) is 7.72. The van der Waals surface area contributed by atoms with Crippen molar-refractivity contribution in [3.05, 3.63) is 40.1 Å². The number of nitro benzene ring substituents is 1. The number of methoxy groups -OCH3 is 1. The number of ether oxygens (including phenoxy) is 1. The quantitative estimate of drug-likeness (QED) is 0.627. The number of aromatic amines is 1. The highest BCUT2D eigenvalue weighted by Gasteiger charge is 2.37. The van der Waals surface area contributed by atoms with Gasteiger partial charge in [0.25, 0.3) is 11.6 Å². The standard InChI is InChI=1S/C16H17N3O6/c1-25-11-6-10(7-14(20)21)18(8-11)16(22)12-5-9-3-2-4-13(19(23)24)15(9)17-12/h2-5,10-11,17H,6-8H2,1H3,(H,20,21). The number of carboxylic acids is 1. The fourth-order valence-electron chi connectivity index (χ4n) is 3.25. The molecule has 1 aliphatic heterocycles. The minimum Gasteiger partial charge on any atom is -0.481 e. The van der Waals surface area contributed by atoms with Gasteiger partial charge in [-0.1, -0.05) is 12.1 Å². The molecule has 2 atom stereocenters. The Morgan fingerprint density at radius 2 is 2.24 bits per heavy atom. The van der Waals surface area contributed by atoms with E-state index >= 15 is 0 Å². The maximum atomic E-state index is 12.8. The maximum Gasteiger partial charge on any atom is 0.305 e. The molecule has 1 amide bonds. The summed E-state index contributed by atoms with van der Waals surface area (Å²) in [5.41, 5.74) is 0.347. The van der Waals surface area contributed by atoms with Gasteiger partial charge in [0.15, 0.2) is 0 Å². The fraction of sp³-hybridized carbons (Fsp3) is 0.375. The normalized spacial score (nSPS) is 20.1. The second-order valence-electron chi connectivity index (χ2n) is 5.98. The Balaban J connectivity index is 1.94. The van der Waals surface area contributed by atoms with E-state index in [2.05, 4.69) is 4.98 Å². The first-order chi connectivity index (χ1) is 11.9. The Morgan fingerprint density at radius 3 is 2.88 bits per heavy atom. The summed E-state index contributed by atoms with van der Waals surface area (Å²) in [7, 11) is 1.52. The van der Waals surface area contributed by atoms with Crippen LogP contribution in [0.3, 0.4) is 0 Å². The van der Waals surface area contributed by atoms with E-state index in [0.29, 0.717) is 11.8 Å². The van der Waals surface area contributed by atoms with E-state index in [9.17, 15) is 19.7 Å². The number of likely N-dealkylation sites (tertiary alicyclic amines) is 1. The minimum absolute atomic E-state index is 0.116. The Kier molecular flexibility index (Phi) is 4.41. The van der Waals surface area contributed by atoms with E-state index in [1.165, 1.54) is 18.1 Å². The van der Waals surface area contributed by atoms with Crippen molar-refractivity contribution in [1.29, 1.82) is 0 Å². The number of H-pyrrole nitrogens is 1. The Bertz CT molecular complexity index is 846. The van der Waals surface area contributed by atoms with Crippen LogP contribution in [0.2, 0.25) is 0 Å². The van der Waals surface area contributed by atoms with Gasteiger partial charge < -0.3 is 19.7 Å². The van der Waals surface area contributed by atoms with Crippen molar-refractivity contribution in [3.8, 4) is 0 Å². The monoisotopic (exact) mass is 347 g/mol. The Morgan fingerprint density at radius 1 is 1.48 bits per heavy atom. The van der Waals surface area contributed by atoms with E-state index in [0.717, 1.165) is 0 Å². The van der Waals surface area contributed by atoms with Gasteiger partial charge in [0.1, 0.15) is 11.2 Å². The van der Waals surface area contributed by atoms with Gasteiger partial charge in [0.05, 0.1) is 17.4 Å². The summed E-state index contributed by atoms with van der Waals surface area (Å²) in [6, 6.07) is 5.65. The number of amides is 1. The zero-order valence-electron chi connectivity index (χ0n) is 13.5. The van der Waals surface area contributed by atoms with E-state index in [1.54, 1.807) is 18.2 Å². The fourth-order valence-corrected chi connectivity index (χ4v) is 3.25. The predicted octanol–water partition coefficient (Wildman–Crippen LogP) is 1.78. The van der Waals surface area contributed by atoms with Crippen molar-refractivity contribution < 1.29 is 24.4 Å². The van der Waals surface area contributed by atoms with Gasteiger partial charge in [-0.3, -0.25) is 19.7 Å². The average molecular weight is 347 g/mol. The van der Waals surface area contributed by atoms with Crippen LogP contribution in [0.4, 0.5) is 5.69 Å². The summed E-state index contributed by atoms with van der Waals surface area (Å²) < 4.78 is 5.26. The molecule has 25 heavy (non-hydrogen) atoms. The number of nitro groups is 1. The lowest BCUT2D eigenvalue weighted by Crippen LogP contribution is -2.37. The summed E-state index contributed by atoms with van der Waals surface area (Å²) in [5, 5.41) is 20.7. The molecule has 2 unspecified atom stereocenters. The third-order valence-electron chi connectivity index (χ3n) is 4.44. The SMILES string of the molecule is COC1CC(CC(=O)O)N(C(=O)c2cc3cccc([N+](=O)[O-])c3[nH]2)C1. The maximum absolute atomic E-state index is 12.8.